The summed E-state index contributed by atoms with van der Waals surface area (Å²) < 4.78 is 10.7. The van der Waals surface area contributed by atoms with Gasteiger partial charge in [-0.3, -0.25) is 43.2 Å². The molecule has 0 radical (unpaired) electrons. The Kier molecular flexibility index (Phi) is 20.4. The number of hydrogen-bond acceptors (Lipinski definition) is 13. The fourth-order valence-corrected chi connectivity index (χ4v) is 9.06. The molecule has 3 aliphatic heterocycles. The number of amides is 9. The highest BCUT2D eigenvalue weighted by molar-refractivity contribution is 6.09. The Hall–Kier alpha value is -6.03. The van der Waals surface area contributed by atoms with Crippen molar-refractivity contribution in [3.05, 3.63) is 29.8 Å². The number of rotatable bonds is 14. The van der Waals surface area contributed by atoms with Gasteiger partial charge < -0.3 is 61.2 Å². The molecule has 2 bridgehead atoms. The molecule has 0 unspecified atom stereocenters. The standard InChI is InChI=1S/C47H70ClN9O13/c1-23(2)21-32-41(62)51-31-17-19-36(60)57(45(31)66)39(25(5)6)46(67)55(9)34(22-28-12-14-29(70-48)15-13-28)43(64)53-37(24(3)4)47(68)69-26(7)38(44(65)52-32)54-40(61)30(16-18-35(49)59)50-42(63)33-11-10-20-56(33)27(8)58/h12-15,23-26,30-34,36-39,60H,10-11,16-22H2,1-9H3,(H2,49,59)(H,50,63)(H,51,62)(H,52,65)(H,53,64)(H,54,61)/t26-,30-,31+,32-,33+,34+,36+,37-,38-,39-/m0/s1. The van der Waals surface area contributed by atoms with Crippen LogP contribution < -0.4 is 36.6 Å². The summed E-state index contributed by atoms with van der Waals surface area (Å²) in [6.07, 6.45) is -3.13. The Balaban J connectivity index is 1.83. The lowest BCUT2D eigenvalue weighted by molar-refractivity contribution is -0.167. The van der Waals surface area contributed by atoms with Gasteiger partial charge in [0.15, 0.2) is 0 Å². The number of piperidine rings is 1. The fourth-order valence-electron chi connectivity index (χ4n) is 8.95. The number of halogens is 1. The van der Waals surface area contributed by atoms with Gasteiger partial charge in [-0.25, -0.2) is 4.79 Å². The number of carbonyl (C=O) groups is 10. The van der Waals surface area contributed by atoms with E-state index in [1.54, 1.807) is 53.7 Å². The quantitative estimate of drug-likeness (QED) is 0.120. The molecule has 3 heterocycles. The first-order chi connectivity index (χ1) is 32.9. The summed E-state index contributed by atoms with van der Waals surface area (Å²) in [5.41, 5.74) is 5.97. The largest absolute Gasteiger partial charge is 0.458 e. The van der Waals surface area contributed by atoms with Crippen LogP contribution >= 0.6 is 11.9 Å². The Bertz CT molecular complexity index is 2110. The second-order valence-electron chi connectivity index (χ2n) is 19.4. The summed E-state index contributed by atoms with van der Waals surface area (Å²) >= 11 is 5.54. The Morgan fingerprint density at radius 2 is 1.56 bits per heavy atom. The minimum Gasteiger partial charge on any atom is -0.458 e. The highest BCUT2D eigenvalue weighted by Crippen LogP contribution is 2.27. The van der Waals surface area contributed by atoms with Crippen LogP contribution in [0, 0.1) is 17.8 Å². The van der Waals surface area contributed by atoms with Crippen LogP contribution in [-0.2, 0) is 59.1 Å². The molecule has 0 aliphatic carbocycles. The third-order valence-corrected chi connectivity index (χ3v) is 13.0. The Labute approximate surface area is 413 Å². The molecule has 10 atom stereocenters. The molecule has 70 heavy (non-hydrogen) atoms. The van der Waals surface area contributed by atoms with Crippen molar-refractivity contribution in [2.24, 2.45) is 23.5 Å². The van der Waals surface area contributed by atoms with Gasteiger partial charge in [-0.05, 0) is 80.9 Å². The third-order valence-electron chi connectivity index (χ3n) is 12.8. The third kappa shape index (κ3) is 14.5. The van der Waals surface area contributed by atoms with Crippen LogP contribution in [0.5, 0.6) is 5.75 Å². The Morgan fingerprint density at radius 1 is 0.900 bits per heavy atom. The number of nitrogens with two attached hydrogens (primary N) is 1. The number of esters is 1. The first-order valence-electron chi connectivity index (χ1n) is 23.8. The number of fused-ring (bicyclic) bond motifs is 2. The molecule has 3 fully saturated rings. The number of ether oxygens (including phenoxy) is 1. The van der Waals surface area contributed by atoms with E-state index in [1.807, 2.05) is 0 Å². The van der Waals surface area contributed by atoms with Crippen molar-refractivity contribution >= 4 is 71.0 Å². The van der Waals surface area contributed by atoms with E-state index >= 15 is 0 Å². The number of aliphatic hydroxyl groups is 1. The summed E-state index contributed by atoms with van der Waals surface area (Å²) in [6.45, 7) is 13.0. The first kappa shape index (κ1) is 56.6. The number of nitrogens with zero attached hydrogens (tertiary/aromatic N) is 3. The highest BCUT2D eigenvalue weighted by atomic mass is 35.5. The molecule has 3 aliphatic rings. The number of aliphatic hydroxyl groups excluding tert-OH is 1. The second-order valence-corrected chi connectivity index (χ2v) is 19.6. The molecule has 0 spiro atoms. The van der Waals surface area contributed by atoms with Crippen molar-refractivity contribution in [1.82, 2.24) is 41.3 Å². The molecular formula is C47H70ClN9O13. The van der Waals surface area contributed by atoms with E-state index in [0.29, 0.717) is 30.7 Å². The minimum atomic E-state index is -1.80. The molecule has 9 amide bonds. The highest BCUT2D eigenvalue weighted by Gasteiger charge is 2.47. The van der Waals surface area contributed by atoms with E-state index < -0.39 is 126 Å². The lowest BCUT2D eigenvalue weighted by atomic mass is 9.93. The predicted octanol–water partition coefficient (Wildman–Crippen LogP) is -0.0981. The van der Waals surface area contributed by atoms with Gasteiger partial charge in [-0.2, -0.15) is 0 Å². The summed E-state index contributed by atoms with van der Waals surface area (Å²) in [6, 6.07) is -4.69. The Morgan fingerprint density at radius 3 is 2.13 bits per heavy atom. The van der Waals surface area contributed by atoms with Crippen molar-refractivity contribution in [3.63, 3.8) is 0 Å². The van der Waals surface area contributed by atoms with Gasteiger partial charge in [0.2, 0.25) is 53.2 Å². The molecule has 22 nitrogen and oxygen atoms in total. The van der Waals surface area contributed by atoms with E-state index in [2.05, 4.69) is 26.6 Å². The van der Waals surface area contributed by atoms with Crippen LogP contribution in [0.3, 0.4) is 0 Å². The molecule has 0 saturated carbocycles. The number of hydrogen-bond donors (Lipinski definition) is 7. The number of likely N-dealkylation sites (N-methyl/N-ethyl adjacent to an activating group) is 1. The van der Waals surface area contributed by atoms with Gasteiger partial charge >= 0.3 is 5.97 Å². The SMILES string of the molecule is CC(=O)N1CCC[C@@H]1C(=O)N[C@@H](CCC(N)=O)C(=O)N[C@@H]1C(=O)N[C@@H](CC(C)C)C(=O)N[C@@H]2CC[C@@H](O)N(C2=O)[C@@H](C(C)C)C(=O)N(C)[C@H](Cc2ccc(OCl)cc2)C(=O)N[C@@H](C(C)C)C(=O)O[C@H]1C. The van der Waals surface area contributed by atoms with Crippen molar-refractivity contribution in [3.8, 4) is 5.75 Å². The maximum Gasteiger partial charge on any atom is 0.329 e. The number of cyclic esters (lactones) is 1. The van der Waals surface area contributed by atoms with Crippen LogP contribution in [0.4, 0.5) is 0 Å². The summed E-state index contributed by atoms with van der Waals surface area (Å²) in [5, 5.41) is 24.5. The van der Waals surface area contributed by atoms with Crippen LogP contribution in [0.1, 0.15) is 106 Å². The first-order valence-corrected chi connectivity index (χ1v) is 24.1. The van der Waals surface area contributed by atoms with Crippen molar-refractivity contribution in [2.75, 3.05) is 13.6 Å². The van der Waals surface area contributed by atoms with E-state index in [-0.39, 0.29) is 50.4 Å². The van der Waals surface area contributed by atoms with Crippen molar-refractivity contribution in [1.29, 1.82) is 0 Å². The predicted molar refractivity (Wildman–Crippen MR) is 252 cm³/mol. The number of nitrogens with one attached hydrogen (secondary N) is 5. The summed E-state index contributed by atoms with van der Waals surface area (Å²) in [4.78, 5) is 143. The number of carbonyl (C=O) groups excluding carboxylic acids is 10. The van der Waals surface area contributed by atoms with Crippen LogP contribution in [0.15, 0.2) is 24.3 Å². The average Bonchev–Trinajstić information content (AvgIpc) is 3.80. The molecule has 23 heteroatoms. The smallest absolute Gasteiger partial charge is 0.329 e. The maximum absolute atomic E-state index is 14.8. The zero-order chi connectivity index (χ0) is 52.3. The number of likely N-dealkylation sites (tertiary alicyclic amines) is 1. The van der Waals surface area contributed by atoms with Gasteiger partial charge in [0, 0.05) is 33.4 Å². The molecule has 1 aromatic carbocycles. The van der Waals surface area contributed by atoms with E-state index in [0.717, 1.165) is 9.80 Å². The topological polar surface area (TPSA) is 305 Å². The maximum atomic E-state index is 14.8. The molecule has 1 aromatic rings. The van der Waals surface area contributed by atoms with Gasteiger partial charge in [0.25, 0.3) is 0 Å². The lowest BCUT2D eigenvalue weighted by Gasteiger charge is -2.44. The van der Waals surface area contributed by atoms with E-state index in [4.69, 9.17) is 26.6 Å². The molecule has 4 rings (SSSR count). The zero-order valence-electron chi connectivity index (χ0n) is 41.3. The zero-order valence-corrected chi connectivity index (χ0v) is 42.1. The van der Waals surface area contributed by atoms with Crippen molar-refractivity contribution in [2.45, 2.75) is 167 Å². The van der Waals surface area contributed by atoms with E-state index in [1.165, 1.54) is 37.9 Å². The molecular weight excluding hydrogens is 934 g/mol. The van der Waals surface area contributed by atoms with Crippen LogP contribution in [0.2, 0.25) is 0 Å². The second kappa shape index (κ2) is 25.2. The summed E-state index contributed by atoms with van der Waals surface area (Å²) in [5.74, 6) is -9.34. The molecule has 3 saturated heterocycles. The minimum absolute atomic E-state index is 0.00730. The normalized spacial score (nSPS) is 26.9. The molecule has 0 aromatic heterocycles. The number of benzene rings is 1. The van der Waals surface area contributed by atoms with Gasteiger partial charge in [0.1, 0.15) is 78.3 Å². The van der Waals surface area contributed by atoms with Gasteiger partial charge in [-0.15, -0.1) is 0 Å². The summed E-state index contributed by atoms with van der Waals surface area (Å²) in [7, 11) is 1.36. The number of primary amides is 1. The molecule has 8 N–H and O–H groups in total. The van der Waals surface area contributed by atoms with Crippen LogP contribution in [-0.4, -0.2) is 153 Å². The van der Waals surface area contributed by atoms with Gasteiger partial charge in [-0.1, -0.05) is 53.7 Å². The van der Waals surface area contributed by atoms with Gasteiger partial charge in [0.05, 0.1) is 0 Å². The van der Waals surface area contributed by atoms with E-state index in [9.17, 15) is 53.1 Å². The monoisotopic (exact) mass is 1000 g/mol. The fraction of sp³-hybridized carbons (Fsp3) is 0.660. The molecule has 388 valence electrons. The lowest BCUT2D eigenvalue weighted by Crippen LogP contribution is -2.66. The van der Waals surface area contributed by atoms with Crippen molar-refractivity contribution < 1.29 is 62.1 Å². The van der Waals surface area contributed by atoms with Crippen LogP contribution in [0.25, 0.3) is 0 Å². The average molecular weight is 1000 g/mol.